The number of anilines is 1. The fraction of sp³-hybridized carbons (Fsp3) is 0.381. The molecule has 0 bridgehead atoms. The van der Waals surface area contributed by atoms with Gasteiger partial charge < -0.3 is 15.7 Å². The maximum atomic E-state index is 9.92. The number of fused-ring (bicyclic) bond motifs is 2. The first-order chi connectivity index (χ1) is 15.1. The van der Waals surface area contributed by atoms with Gasteiger partial charge in [-0.1, -0.05) is 18.5 Å². The zero-order chi connectivity index (χ0) is 21.5. The third-order valence-electron chi connectivity index (χ3n) is 5.72. The molecule has 0 aromatic carbocycles. The molecule has 1 aliphatic heterocycles. The summed E-state index contributed by atoms with van der Waals surface area (Å²) in [5.41, 5.74) is 10.5. The Morgan fingerprint density at radius 3 is 2.90 bits per heavy atom. The Hall–Kier alpha value is -2.33. The van der Waals surface area contributed by atoms with Crippen molar-refractivity contribution >= 4 is 45.4 Å². The second-order valence-electron chi connectivity index (χ2n) is 7.76. The van der Waals surface area contributed by atoms with Gasteiger partial charge in [-0.05, 0) is 36.2 Å². The third-order valence-corrected chi connectivity index (χ3v) is 7.00. The summed E-state index contributed by atoms with van der Waals surface area (Å²) in [6.45, 7) is 2.73. The normalized spacial score (nSPS) is 20.7. The smallest absolute Gasteiger partial charge is 0.194 e. The molecule has 3 N–H and O–H groups in total. The predicted octanol–water partition coefficient (Wildman–Crippen LogP) is 2.78. The molecule has 3 aromatic rings. The number of hydrogen-bond donors (Lipinski definition) is 2. The number of allylic oxidation sites excluding steroid dienone is 1. The van der Waals surface area contributed by atoms with E-state index in [1.165, 1.54) is 11.8 Å². The van der Waals surface area contributed by atoms with Crippen LogP contribution in [0.4, 0.5) is 5.82 Å². The van der Waals surface area contributed by atoms with E-state index in [1.54, 1.807) is 18.6 Å². The van der Waals surface area contributed by atoms with Gasteiger partial charge in [0.25, 0.3) is 0 Å². The van der Waals surface area contributed by atoms with Gasteiger partial charge in [0.05, 0.1) is 28.9 Å². The van der Waals surface area contributed by atoms with Crippen LogP contribution in [0.3, 0.4) is 0 Å². The Labute approximate surface area is 189 Å². The van der Waals surface area contributed by atoms with Crippen molar-refractivity contribution in [3.8, 4) is 0 Å². The van der Waals surface area contributed by atoms with Crippen molar-refractivity contribution in [3.63, 3.8) is 0 Å². The number of aliphatic hydroxyl groups excluding tert-OH is 1. The molecule has 0 unspecified atom stereocenters. The number of nitrogens with two attached hydrogens (primary N) is 1. The van der Waals surface area contributed by atoms with Gasteiger partial charge in [0.2, 0.25) is 0 Å². The zero-order valence-electron chi connectivity index (χ0n) is 17.0. The topological polar surface area (TPSA) is 114 Å². The van der Waals surface area contributed by atoms with E-state index in [0.29, 0.717) is 30.2 Å². The highest BCUT2D eigenvalue weighted by Crippen LogP contribution is 2.43. The Morgan fingerprint density at radius 2 is 2.10 bits per heavy atom. The monoisotopic (exact) mass is 455 g/mol. The highest BCUT2D eigenvalue weighted by atomic mass is 35.5. The van der Waals surface area contributed by atoms with E-state index >= 15 is 0 Å². The lowest BCUT2D eigenvalue weighted by molar-refractivity contribution is 0.265. The van der Waals surface area contributed by atoms with E-state index in [9.17, 15) is 5.11 Å². The molecule has 2 aliphatic rings. The summed E-state index contributed by atoms with van der Waals surface area (Å²) >= 11 is 8.17. The first-order valence-corrected chi connectivity index (χ1v) is 11.4. The van der Waals surface area contributed by atoms with Gasteiger partial charge in [-0.25, -0.2) is 19.9 Å². The van der Waals surface area contributed by atoms with Gasteiger partial charge in [-0.2, -0.15) is 0 Å². The summed E-state index contributed by atoms with van der Waals surface area (Å²) in [6, 6.07) is 1.83. The van der Waals surface area contributed by atoms with Crippen molar-refractivity contribution in [2.75, 3.05) is 18.1 Å². The minimum absolute atomic E-state index is 0.0167. The van der Waals surface area contributed by atoms with Crippen LogP contribution in [0.25, 0.3) is 16.2 Å². The predicted molar refractivity (Wildman–Crippen MR) is 121 cm³/mol. The molecule has 0 saturated carbocycles. The SMILES string of the molecule is CCC1=C(Cl)c2c(nc(Sc3cnc4nccnc4c3)nc2N2C[C@H](N)C[C@@H]2CO)C1. The van der Waals surface area contributed by atoms with Crippen molar-refractivity contribution in [2.24, 2.45) is 5.73 Å². The Kier molecular flexibility index (Phi) is 5.51. The van der Waals surface area contributed by atoms with Crippen LogP contribution in [-0.4, -0.2) is 55.3 Å². The number of nitrogens with zero attached hydrogens (tertiary/aromatic N) is 6. The summed E-state index contributed by atoms with van der Waals surface area (Å²) < 4.78 is 0. The highest BCUT2D eigenvalue weighted by molar-refractivity contribution is 7.99. The molecular formula is C21H22ClN7OS. The van der Waals surface area contributed by atoms with Crippen molar-refractivity contribution < 1.29 is 5.11 Å². The molecule has 1 aliphatic carbocycles. The van der Waals surface area contributed by atoms with Crippen molar-refractivity contribution in [1.29, 1.82) is 0 Å². The minimum atomic E-state index is -0.0837. The van der Waals surface area contributed by atoms with Crippen LogP contribution in [0, 0.1) is 0 Å². The summed E-state index contributed by atoms with van der Waals surface area (Å²) in [5.74, 6) is 0.751. The van der Waals surface area contributed by atoms with Gasteiger partial charge in [-0.15, -0.1) is 0 Å². The molecule has 31 heavy (non-hydrogen) atoms. The molecule has 1 fully saturated rings. The van der Waals surface area contributed by atoms with E-state index in [1.807, 2.05) is 6.07 Å². The van der Waals surface area contributed by atoms with Crippen LogP contribution in [0.15, 0.2) is 40.3 Å². The van der Waals surface area contributed by atoms with E-state index in [-0.39, 0.29) is 18.7 Å². The van der Waals surface area contributed by atoms with Crippen molar-refractivity contribution in [3.05, 3.63) is 41.5 Å². The molecule has 0 radical (unpaired) electrons. The molecule has 160 valence electrons. The number of hydrogen-bond acceptors (Lipinski definition) is 9. The van der Waals surface area contributed by atoms with E-state index < -0.39 is 0 Å². The molecule has 2 atom stereocenters. The van der Waals surface area contributed by atoms with Crippen molar-refractivity contribution in [2.45, 2.75) is 48.3 Å². The van der Waals surface area contributed by atoms with Crippen LogP contribution in [0.1, 0.15) is 31.0 Å². The van der Waals surface area contributed by atoms with Crippen LogP contribution < -0.4 is 10.6 Å². The molecule has 5 rings (SSSR count). The highest BCUT2D eigenvalue weighted by Gasteiger charge is 2.35. The second kappa shape index (κ2) is 8.31. The molecular weight excluding hydrogens is 434 g/mol. The maximum absolute atomic E-state index is 9.92. The van der Waals surface area contributed by atoms with Gasteiger partial charge in [-0.3, -0.25) is 4.98 Å². The summed E-state index contributed by atoms with van der Waals surface area (Å²) in [7, 11) is 0. The number of aromatic nitrogens is 5. The number of aliphatic hydroxyl groups is 1. The number of rotatable bonds is 5. The number of halogens is 1. The molecule has 8 nitrogen and oxygen atoms in total. The van der Waals surface area contributed by atoms with E-state index in [4.69, 9.17) is 27.3 Å². The average Bonchev–Trinajstić information content (AvgIpc) is 3.32. The number of pyridine rings is 1. The zero-order valence-corrected chi connectivity index (χ0v) is 18.6. The molecule has 3 aromatic heterocycles. The molecule has 10 heteroatoms. The Bertz CT molecular complexity index is 1190. The van der Waals surface area contributed by atoms with Crippen LogP contribution in [-0.2, 0) is 6.42 Å². The van der Waals surface area contributed by atoms with Gasteiger partial charge in [0.1, 0.15) is 11.3 Å². The van der Waals surface area contributed by atoms with Gasteiger partial charge in [0.15, 0.2) is 10.8 Å². The first-order valence-electron chi connectivity index (χ1n) is 10.2. The fourth-order valence-electron chi connectivity index (χ4n) is 4.20. The summed E-state index contributed by atoms with van der Waals surface area (Å²) in [6.07, 6.45) is 7.30. The molecule has 0 amide bonds. The van der Waals surface area contributed by atoms with Crippen LogP contribution >= 0.6 is 23.4 Å². The second-order valence-corrected chi connectivity index (χ2v) is 9.17. The molecule has 1 saturated heterocycles. The molecule has 4 heterocycles. The first kappa shape index (κ1) is 20.6. The lowest BCUT2D eigenvalue weighted by Crippen LogP contribution is -2.34. The van der Waals surface area contributed by atoms with Gasteiger partial charge in [0, 0.05) is 42.5 Å². The Morgan fingerprint density at radius 1 is 1.26 bits per heavy atom. The summed E-state index contributed by atoms with van der Waals surface area (Å²) in [5, 5.41) is 11.3. The Balaban J connectivity index is 1.57. The van der Waals surface area contributed by atoms with E-state index in [0.717, 1.165) is 44.5 Å². The van der Waals surface area contributed by atoms with E-state index in [2.05, 4.69) is 26.8 Å². The molecule has 0 spiro atoms. The van der Waals surface area contributed by atoms with Gasteiger partial charge >= 0.3 is 0 Å². The van der Waals surface area contributed by atoms with Crippen LogP contribution in [0.2, 0.25) is 0 Å². The standard InChI is InChI=1S/C21H22ClN7OS/c1-2-11-5-15-17(18(11)22)20(29-9-12(23)6-13(29)10-30)28-21(27-15)31-14-7-16-19(26-8-14)25-4-3-24-16/h3-4,7-8,12-13,30H,2,5-6,9-10,23H2,1H3/t12-,13-/m1/s1. The minimum Gasteiger partial charge on any atom is -0.394 e. The fourth-order valence-corrected chi connectivity index (χ4v) is 5.37. The van der Waals surface area contributed by atoms with Crippen molar-refractivity contribution in [1.82, 2.24) is 24.9 Å². The largest absolute Gasteiger partial charge is 0.394 e. The average molecular weight is 456 g/mol. The summed E-state index contributed by atoms with van der Waals surface area (Å²) in [4.78, 5) is 25.6. The van der Waals surface area contributed by atoms with Crippen LogP contribution in [0.5, 0.6) is 0 Å². The lowest BCUT2D eigenvalue weighted by atomic mass is 10.2. The maximum Gasteiger partial charge on any atom is 0.194 e. The quantitative estimate of drug-likeness (QED) is 0.560. The lowest BCUT2D eigenvalue weighted by Gasteiger charge is -2.26. The third kappa shape index (κ3) is 3.76.